The van der Waals surface area contributed by atoms with E-state index in [2.05, 4.69) is 16.5 Å². The molecule has 10 heteroatoms. The number of anilines is 1. The van der Waals surface area contributed by atoms with Gasteiger partial charge in [0.1, 0.15) is 17.4 Å². The molecule has 9 nitrogen and oxygen atoms in total. The van der Waals surface area contributed by atoms with Crippen LogP contribution in [-0.4, -0.2) is 61.1 Å². The van der Waals surface area contributed by atoms with Gasteiger partial charge >= 0.3 is 5.69 Å². The average molecular weight is 583 g/mol. The number of hydrogen-bond acceptors (Lipinski definition) is 7. The smallest absolute Gasteiger partial charge is 0.355 e. The van der Waals surface area contributed by atoms with Gasteiger partial charge in [0.15, 0.2) is 5.65 Å². The molecule has 1 aliphatic carbocycles. The Kier molecular flexibility index (Phi) is 7.23. The molecule has 4 heterocycles. The standard InChI is InChI=1S/C33H35FN6O3/c1-6-26(42)38-14-15-39(20(5)17-38)31-23-16-22(21-10-11-21)29(27-24(34)8-7-9-25(27)41)36-32(23)40(33(43)37-31)30-19(4)12-13-35-28(30)18(2)3/h6-9,12-13,16,18,20-21,41H,1,10-11,14-15,17H2,2-5H3/t20-/m0/s1. The molecule has 0 spiro atoms. The second-order valence-electron chi connectivity index (χ2n) is 11.8. The fourth-order valence-electron chi connectivity index (χ4n) is 6.11. The minimum atomic E-state index is -0.589. The van der Waals surface area contributed by atoms with Crippen LogP contribution < -0.4 is 10.6 Å². The molecule has 1 atom stereocenters. The van der Waals surface area contributed by atoms with E-state index in [0.717, 1.165) is 24.0 Å². The lowest BCUT2D eigenvalue weighted by molar-refractivity contribution is -0.126. The Balaban J connectivity index is 1.68. The molecule has 1 N–H and O–H groups in total. The first kappa shape index (κ1) is 28.5. The first-order chi connectivity index (χ1) is 20.6. The molecule has 2 aliphatic rings. The zero-order chi connectivity index (χ0) is 30.6. The molecule has 1 saturated carbocycles. The summed E-state index contributed by atoms with van der Waals surface area (Å²) >= 11 is 0. The monoisotopic (exact) mass is 582 g/mol. The normalized spacial score (nSPS) is 17.1. The highest BCUT2D eigenvalue weighted by molar-refractivity contribution is 5.93. The Morgan fingerprint density at radius 2 is 1.95 bits per heavy atom. The Morgan fingerprint density at radius 3 is 2.60 bits per heavy atom. The number of carbonyl (C=O) groups is 1. The summed E-state index contributed by atoms with van der Waals surface area (Å²) in [5.74, 6) is -0.332. The van der Waals surface area contributed by atoms with Crippen molar-refractivity contribution in [3.63, 3.8) is 0 Å². The van der Waals surface area contributed by atoms with E-state index in [0.29, 0.717) is 53.6 Å². The molecule has 222 valence electrons. The number of carbonyl (C=O) groups excluding carboxylic acids is 1. The molecular formula is C33H35FN6O3. The lowest BCUT2D eigenvalue weighted by Crippen LogP contribution is -2.54. The number of aromatic nitrogens is 4. The quantitative estimate of drug-likeness (QED) is 0.311. The number of aromatic hydroxyl groups is 1. The van der Waals surface area contributed by atoms with Crippen LogP contribution in [0.25, 0.3) is 28.0 Å². The maximum Gasteiger partial charge on any atom is 0.355 e. The number of piperazine rings is 1. The molecule has 1 aliphatic heterocycles. The number of hydrogen-bond donors (Lipinski definition) is 1. The van der Waals surface area contributed by atoms with Gasteiger partial charge in [-0.3, -0.25) is 9.78 Å². The van der Waals surface area contributed by atoms with Gasteiger partial charge in [-0.1, -0.05) is 26.5 Å². The van der Waals surface area contributed by atoms with Gasteiger partial charge in [0, 0.05) is 31.9 Å². The number of amides is 1. The molecule has 0 unspecified atom stereocenters. The van der Waals surface area contributed by atoms with Crippen molar-refractivity contribution >= 4 is 22.8 Å². The number of halogens is 1. The van der Waals surface area contributed by atoms with E-state index in [1.54, 1.807) is 11.1 Å². The maximum absolute atomic E-state index is 15.4. The third-order valence-electron chi connectivity index (χ3n) is 8.43. The Labute approximate surface area is 249 Å². The van der Waals surface area contributed by atoms with E-state index in [4.69, 9.17) is 4.98 Å². The molecule has 3 aromatic heterocycles. The molecule has 1 saturated heterocycles. The van der Waals surface area contributed by atoms with E-state index in [1.165, 1.54) is 28.8 Å². The van der Waals surface area contributed by atoms with Crippen molar-refractivity contribution in [2.75, 3.05) is 24.5 Å². The predicted molar refractivity (Wildman–Crippen MR) is 164 cm³/mol. The van der Waals surface area contributed by atoms with Crippen molar-refractivity contribution < 1.29 is 14.3 Å². The van der Waals surface area contributed by atoms with Gasteiger partial charge in [-0.15, -0.1) is 0 Å². The molecule has 6 rings (SSSR count). The van der Waals surface area contributed by atoms with Crippen LogP contribution in [0, 0.1) is 12.7 Å². The number of nitrogens with zero attached hydrogens (tertiary/aromatic N) is 6. The number of rotatable bonds is 6. The highest BCUT2D eigenvalue weighted by Crippen LogP contribution is 2.47. The van der Waals surface area contributed by atoms with Crippen LogP contribution in [0.5, 0.6) is 5.75 Å². The minimum absolute atomic E-state index is 0.00663. The third-order valence-corrected chi connectivity index (χ3v) is 8.43. The van der Waals surface area contributed by atoms with E-state index in [9.17, 15) is 14.7 Å². The maximum atomic E-state index is 15.4. The topological polar surface area (TPSA) is 104 Å². The molecule has 2 fully saturated rings. The molecule has 1 amide bonds. The number of aryl methyl sites for hydroxylation is 1. The Bertz CT molecular complexity index is 1810. The van der Waals surface area contributed by atoms with Crippen LogP contribution >= 0.6 is 0 Å². The summed E-state index contributed by atoms with van der Waals surface area (Å²) in [5.41, 5.74) is 3.05. The first-order valence-electron chi connectivity index (χ1n) is 14.7. The van der Waals surface area contributed by atoms with Crippen molar-refractivity contribution in [3.05, 3.63) is 82.3 Å². The highest BCUT2D eigenvalue weighted by Gasteiger charge is 2.34. The summed E-state index contributed by atoms with van der Waals surface area (Å²) in [7, 11) is 0. The minimum Gasteiger partial charge on any atom is -0.507 e. The van der Waals surface area contributed by atoms with Gasteiger partial charge in [0.2, 0.25) is 5.91 Å². The van der Waals surface area contributed by atoms with Crippen LogP contribution in [-0.2, 0) is 4.79 Å². The first-order valence-corrected chi connectivity index (χ1v) is 14.7. The van der Waals surface area contributed by atoms with Crippen molar-refractivity contribution in [1.82, 2.24) is 24.4 Å². The second kappa shape index (κ2) is 10.9. The molecule has 0 bridgehead atoms. The van der Waals surface area contributed by atoms with Gasteiger partial charge in [-0.05, 0) is 80.0 Å². The number of pyridine rings is 2. The van der Waals surface area contributed by atoms with Crippen LogP contribution in [0.1, 0.15) is 62.3 Å². The van der Waals surface area contributed by atoms with Crippen LogP contribution in [0.4, 0.5) is 10.2 Å². The number of benzene rings is 1. The second-order valence-corrected chi connectivity index (χ2v) is 11.8. The van der Waals surface area contributed by atoms with Gasteiger partial charge in [0.05, 0.1) is 28.0 Å². The fraction of sp³-hybridized carbons (Fsp3) is 0.364. The molecule has 0 radical (unpaired) electrons. The largest absolute Gasteiger partial charge is 0.507 e. The fourth-order valence-corrected chi connectivity index (χ4v) is 6.11. The molecule has 1 aromatic carbocycles. The zero-order valence-corrected chi connectivity index (χ0v) is 24.8. The summed E-state index contributed by atoms with van der Waals surface area (Å²) in [6, 6.07) is 7.86. The van der Waals surface area contributed by atoms with E-state index < -0.39 is 11.5 Å². The third kappa shape index (κ3) is 4.94. The molecule has 4 aromatic rings. The predicted octanol–water partition coefficient (Wildman–Crippen LogP) is 5.22. The summed E-state index contributed by atoms with van der Waals surface area (Å²) in [6.45, 7) is 12.9. The lowest BCUT2D eigenvalue weighted by Gasteiger charge is -2.40. The van der Waals surface area contributed by atoms with Gasteiger partial charge in [-0.2, -0.15) is 4.98 Å². The lowest BCUT2D eigenvalue weighted by atomic mass is 9.99. The van der Waals surface area contributed by atoms with Gasteiger partial charge in [0.25, 0.3) is 0 Å². The highest BCUT2D eigenvalue weighted by atomic mass is 19.1. The van der Waals surface area contributed by atoms with Crippen molar-refractivity contribution in [1.29, 1.82) is 0 Å². The van der Waals surface area contributed by atoms with Crippen molar-refractivity contribution in [2.45, 2.75) is 58.4 Å². The summed E-state index contributed by atoms with van der Waals surface area (Å²) in [4.78, 5) is 44.6. The summed E-state index contributed by atoms with van der Waals surface area (Å²) in [5, 5.41) is 11.5. The number of phenols is 1. The van der Waals surface area contributed by atoms with E-state index in [-0.39, 0.29) is 35.1 Å². The number of fused-ring (bicyclic) bond motifs is 1. The zero-order valence-electron chi connectivity index (χ0n) is 24.8. The summed E-state index contributed by atoms with van der Waals surface area (Å²) in [6.07, 6.45) is 4.85. The van der Waals surface area contributed by atoms with E-state index >= 15 is 4.39 Å². The van der Waals surface area contributed by atoms with Gasteiger partial charge < -0.3 is 14.9 Å². The Morgan fingerprint density at radius 1 is 1.19 bits per heavy atom. The molecule has 43 heavy (non-hydrogen) atoms. The SMILES string of the molecule is C=CC(=O)N1CCN(c2nc(=O)n(-c3c(C)ccnc3C(C)C)c3nc(-c4c(O)cccc4F)c(C4CC4)cc23)[C@@H](C)C1. The van der Waals surface area contributed by atoms with Crippen LogP contribution in [0.15, 0.2) is 54.0 Å². The molecular weight excluding hydrogens is 547 g/mol. The van der Waals surface area contributed by atoms with Crippen molar-refractivity contribution in [2.24, 2.45) is 0 Å². The van der Waals surface area contributed by atoms with E-state index in [1.807, 2.05) is 44.7 Å². The van der Waals surface area contributed by atoms with Crippen molar-refractivity contribution in [3.8, 4) is 22.7 Å². The average Bonchev–Trinajstić information content (AvgIpc) is 3.82. The van der Waals surface area contributed by atoms with Gasteiger partial charge in [-0.25, -0.2) is 18.7 Å². The number of phenolic OH excluding ortho intramolecular Hbond substituents is 1. The summed E-state index contributed by atoms with van der Waals surface area (Å²) < 4.78 is 16.8. The Hall–Kier alpha value is -4.60. The van der Waals surface area contributed by atoms with Crippen LogP contribution in [0.2, 0.25) is 0 Å². The van der Waals surface area contributed by atoms with Crippen LogP contribution in [0.3, 0.4) is 0 Å².